The summed E-state index contributed by atoms with van der Waals surface area (Å²) in [6.07, 6.45) is 6.43. The first-order valence-corrected chi connectivity index (χ1v) is 17.0. The molecular formula is C38H47NO9. The van der Waals surface area contributed by atoms with Crippen molar-refractivity contribution in [2.24, 2.45) is 17.8 Å². The average Bonchev–Trinajstić information content (AvgIpc) is 3.90. The van der Waals surface area contributed by atoms with E-state index in [1.54, 1.807) is 18.2 Å². The predicted octanol–water partition coefficient (Wildman–Crippen LogP) is 7.23. The van der Waals surface area contributed by atoms with Crippen LogP contribution >= 0.6 is 0 Å². The zero-order valence-corrected chi connectivity index (χ0v) is 28.1. The molecule has 1 amide bonds. The van der Waals surface area contributed by atoms with Crippen LogP contribution in [-0.2, 0) is 20.8 Å². The number of phenolic OH excluding ortho intramolecular Hbond substituents is 1. The van der Waals surface area contributed by atoms with Crippen LogP contribution in [0.5, 0.6) is 34.5 Å². The van der Waals surface area contributed by atoms with Crippen LogP contribution in [0, 0.1) is 17.8 Å². The Morgan fingerprint density at radius 3 is 1.96 bits per heavy atom. The number of methoxy groups -OCH3 is 1. The van der Waals surface area contributed by atoms with Gasteiger partial charge in [0.25, 0.3) is 0 Å². The molecule has 48 heavy (non-hydrogen) atoms. The molecule has 3 aromatic carbocycles. The molecule has 4 heterocycles. The van der Waals surface area contributed by atoms with E-state index in [9.17, 15) is 9.90 Å². The fourth-order valence-electron chi connectivity index (χ4n) is 6.73. The number of nitrogens with one attached hydrogen (secondary N) is 1. The lowest BCUT2D eigenvalue weighted by atomic mass is 9.85. The van der Waals surface area contributed by atoms with Crippen molar-refractivity contribution < 1.29 is 43.1 Å². The lowest BCUT2D eigenvalue weighted by molar-refractivity contribution is -0.121. The zero-order valence-electron chi connectivity index (χ0n) is 28.1. The fraction of sp³-hybridized carbons (Fsp3) is 0.500. The van der Waals surface area contributed by atoms with Gasteiger partial charge in [-0.05, 0) is 65.4 Å². The van der Waals surface area contributed by atoms with Crippen molar-refractivity contribution in [2.75, 3.05) is 33.9 Å². The van der Waals surface area contributed by atoms with Gasteiger partial charge >= 0.3 is 0 Å². The number of rotatable bonds is 12. The van der Waals surface area contributed by atoms with Gasteiger partial charge in [0.1, 0.15) is 0 Å². The van der Waals surface area contributed by atoms with Gasteiger partial charge in [-0.15, -0.1) is 0 Å². The molecule has 10 heteroatoms. The van der Waals surface area contributed by atoms with Crippen molar-refractivity contribution in [3.8, 4) is 34.5 Å². The highest BCUT2D eigenvalue weighted by Crippen LogP contribution is 2.52. The van der Waals surface area contributed by atoms with Crippen LogP contribution in [0.3, 0.4) is 0 Å². The monoisotopic (exact) mass is 661 g/mol. The summed E-state index contributed by atoms with van der Waals surface area (Å²) >= 11 is 0. The Balaban J connectivity index is 0.000000171. The van der Waals surface area contributed by atoms with Crippen molar-refractivity contribution in [3.05, 3.63) is 71.3 Å². The van der Waals surface area contributed by atoms with E-state index in [4.69, 9.17) is 33.2 Å². The molecule has 258 valence electrons. The maximum Gasteiger partial charge on any atom is 0.231 e. The average molecular weight is 662 g/mol. The molecule has 2 saturated heterocycles. The second-order valence-corrected chi connectivity index (χ2v) is 13.2. The van der Waals surface area contributed by atoms with Gasteiger partial charge in [0.05, 0.1) is 32.5 Å². The predicted molar refractivity (Wildman–Crippen MR) is 179 cm³/mol. The first kappa shape index (κ1) is 33.7. The Bertz CT molecular complexity index is 1470. The molecule has 0 radical (unpaired) electrons. The van der Waals surface area contributed by atoms with E-state index in [1.807, 2.05) is 24.3 Å². The fourth-order valence-corrected chi connectivity index (χ4v) is 6.73. The van der Waals surface area contributed by atoms with E-state index >= 15 is 0 Å². The van der Waals surface area contributed by atoms with Crippen molar-refractivity contribution in [1.29, 1.82) is 0 Å². The highest BCUT2D eigenvalue weighted by molar-refractivity contribution is 5.75. The van der Waals surface area contributed by atoms with E-state index in [0.29, 0.717) is 43.8 Å². The van der Waals surface area contributed by atoms with E-state index < -0.39 is 0 Å². The second kappa shape index (κ2) is 15.8. The van der Waals surface area contributed by atoms with Crippen LogP contribution < -0.4 is 29.0 Å². The normalized spacial score (nSPS) is 21.5. The van der Waals surface area contributed by atoms with Gasteiger partial charge in [-0.2, -0.15) is 0 Å². The Hall–Kier alpha value is -4.15. The molecule has 2 fully saturated rings. The molecule has 0 aromatic heterocycles. The summed E-state index contributed by atoms with van der Waals surface area (Å²) in [5.41, 5.74) is 3.16. The standard InChI is InChI=1S/C20H18O6.C18H29NO3/c1-3-15-17(25-9-23-15)5-11(1)19-13-7-22-20(14(13)8-21-19)12-2-4-16-18(6-12)26-10-24-16;1-14(2)8-6-4-5-7-9-18(21)19-13-15-10-11-16(20)17(12-15)22-3/h1-6,13-14,19-20H,7-10H2;10-12,14,20H,4-9,13H2,1-3H3,(H,19,21)/t13-,14-,19-,20+;/m0./s1. The van der Waals surface area contributed by atoms with Crippen molar-refractivity contribution in [3.63, 3.8) is 0 Å². The lowest BCUT2D eigenvalue weighted by Crippen LogP contribution is -2.22. The van der Waals surface area contributed by atoms with Gasteiger partial charge in [-0.1, -0.05) is 57.7 Å². The van der Waals surface area contributed by atoms with Gasteiger partial charge in [-0.3, -0.25) is 4.79 Å². The van der Waals surface area contributed by atoms with Crippen LogP contribution in [0.25, 0.3) is 0 Å². The van der Waals surface area contributed by atoms with Gasteiger partial charge in [0.2, 0.25) is 19.5 Å². The molecule has 10 nitrogen and oxygen atoms in total. The Morgan fingerprint density at radius 1 is 0.792 bits per heavy atom. The summed E-state index contributed by atoms with van der Waals surface area (Å²) in [7, 11) is 1.51. The number of unbranched alkanes of at least 4 members (excludes halogenated alkanes) is 3. The van der Waals surface area contributed by atoms with Crippen LogP contribution in [0.4, 0.5) is 0 Å². The van der Waals surface area contributed by atoms with Gasteiger partial charge in [0, 0.05) is 24.8 Å². The molecule has 0 bridgehead atoms. The smallest absolute Gasteiger partial charge is 0.231 e. The Labute approximate surface area is 282 Å². The number of fused-ring (bicyclic) bond motifs is 3. The van der Waals surface area contributed by atoms with Crippen molar-refractivity contribution in [2.45, 2.75) is 71.1 Å². The summed E-state index contributed by atoms with van der Waals surface area (Å²) in [6.45, 7) is 6.88. The van der Waals surface area contributed by atoms with Gasteiger partial charge < -0.3 is 43.6 Å². The molecule has 4 aliphatic rings. The van der Waals surface area contributed by atoms with E-state index in [2.05, 4.69) is 31.3 Å². The number of carbonyl (C=O) groups excluding carboxylic acids is 1. The third-order valence-corrected chi connectivity index (χ3v) is 9.38. The number of aromatic hydroxyl groups is 1. The highest BCUT2D eigenvalue weighted by atomic mass is 16.7. The van der Waals surface area contributed by atoms with Crippen molar-refractivity contribution in [1.82, 2.24) is 5.32 Å². The van der Waals surface area contributed by atoms with Crippen LogP contribution in [-0.4, -0.2) is 44.9 Å². The molecule has 4 atom stereocenters. The third kappa shape index (κ3) is 8.10. The minimum atomic E-state index is 0.0218. The highest BCUT2D eigenvalue weighted by Gasteiger charge is 2.48. The summed E-state index contributed by atoms with van der Waals surface area (Å²) < 4.78 is 39.2. The molecule has 0 aliphatic carbocycles. The topological polar surface area (TPSA) is 114 Å². The third-order valence-electron chi connectivity index (χ3n) is 9.38. The number of hydrogen-bond acceptors (Lipinski definition) is 9. The summed E-state index contributed by atoms with van der Waals surface area (Å²) in [5.74, 6) is 5.21. The molecule has 0 unspecified atom stereocenters. The van der Waals surface area contributed by atoms with Crippen LogP contribution in [0.2, 0.25) is 0 Å². The Kier molecular flexibility index (Phi) is 11.1. The number of carbonyl (C=O) groups is 1. The molecule has 7 rings (SSSR count). The number of phenols is 1. The molecule has 2 N–H and O–H groups in total. The number of hydrogen-bond donors (Lipinski definition) is 2. The molecule has 4 aliphatic heterocycles. The van der Waals surface area contributed by atoms with E-state index in [1.165, 1.54) is 26.4 Å². The van der Waals surface area contributed by atoms with Gasteiger partial charge in [-0.25, -0.2) is 0 Å². The number of ether oxygens (including phenoxy) is 7. The van der Waals surface area contributed by atoms with Gasteiger partial charge in [0.15, 0.2) is 34.5 Å². The molecule has 0 spiro atoms. The summed E-state index contributed by atoms with van der Waals surface area (Å²) in [5, 5.41) is 12.4. The zero-order chi connectivity index (χ0) is 33.5. The van der Waals surface area contributed by atoms with E-state index in [0.717, 1.165) is 58.4 Å². The SMILES string of the molecule is COc1cc(CNC(=O)CCCCCCC(C)C)ccc1O.c1cc2c(cc1[C@H]1OC[C@H]3[C@@H]1CO[C@H]3c1ccc3c(c1)OCO3)OCO2. The minimum Gasteiger partial charge on any atom is -0.504 e. The second-order valence-electron chi connectivity index (χ2n) is 13.2. The maximum absolute atomic E-state index is 11.8. The van der Waals surface area contributed by atoms with Crippen LogP contribution in [0.15, 0.2) is 54.6 Å². The largest absolute Gasteiger partial charge is 0.504 e. The van der Waals surface area contributed by atoms with Crippen LogP contribution in [0.1, 0.15) is 81.3 Å². The molecule has 0 saturated carbocycles. The van der Waals surface area contributed by atoms with Crippen molar-refractivity contribution >= 4 is 5.91 Å². The first-order chi connectivity index (χ1) is 23.4. The maximum atomic E-state index is 11.8. The first-order valence-electron chi connectivity index (χ1n) is 17.0. The molecular weight excluding hydrogens is 614 g/mol. The number of amides is 1. The number of benzene rings is 3. The Morgan fingerprint density at radius 2 is 1.38 bits per heavy atom. The minimum absolute atomic E-state index is 0.0218. The summed E-state index contributed by atoms with van der Waals surface area (Å²) in [6, 6.07) is 17.2. The van der Waals surface area contributed by atoms with E-state index in [-0.39, 0.29) is 37.5 Å². The quantitative estimate of drug-likeness (QED) is 0.194. The molecule has 3 aromatic rings. The summed E-state index contributed by atoms with van der Waals surface area (Å²) in [4.78, 5) is 11.8. The lowest BCUT2D eigenvalue weighted by Gasteiger charge is -2.17.